The number of anilines is 1. The van der Waals surface area contributed by atoms with Gasteiger partial charge in [-0.05, 0) is 39.4 Å². The van der Waals surface area contributed by atoms with Crippen molar-refractivity contribution >= 4 is 32.4 Å². The van der Waals surface area contributed by atoms with Gasteiger partial charge in [0.05, 0.1) is 18.5 Å². The number of fused-ring (bicyclic) bond motifs is 2. The molecule has 0 bridgehead atoms. The zero-order valence-electron chi connectivity index (χ0n) is 18.8. The highest BCUT2D eigenvalue weighted by molar-refractivity contribution is 7.92. The van der Waals surface area contributed by atoms with E-state index in [9.17, 15) is 13.2 Å². The number of ether oxygens (including phenoxy) is 1. The zero-order chi connectivity index (χ0) is 23.1. The van der Waals surface area contributed by atoms with Crippen LogP contribution in [0.3, 0.4) is 0 Å². The van der Waals surface area contributed by atoms with Crippen molar-refractivity contribution in [2.75, 3.05) is 17.1 Å². The van der Waals surface area contributed by atoms with Gasteiger partial charge in [0.15, 0.2) is 6.10 Å². The van der Waals surface area contributed by atoms with E-state index in [0.29, 0.717) is 18.0 Å². The van der Waals surface area contributed by atoms with Crippen LogP contribution in [-0.2, 0) is 26.8 Å². The topological polar surface area (TPSA) is 75.7 Å². The van der Waals surface area contributed by atoms with Gasteiger partial charge in [-0.15, -0.1) is 0 Å². The Morgan fingerprint density at radius 2 is 1.81 bits per heavy atom. The van der Waals surface area contributed by atoms with Crippen LogP contribution in [0.5, 0.6) is 5.75 Å². The standard InChI is InChI=1S/C25H28N2O4S/c1-25(2,3)19-12-13-22-21(14-19)27(32(4,29)30)16-23(31-22)24(28)26-15-18-10-7-9-17-8-5-6-11-20(17)18/h5-14,23H,15-16H2,1-4H3,(H,26,28). The number of amides is 1. The van der Waals surface area contributed by atoms with Crippen LogP contribution in [0.4, 0.5) is 5.69 Å². The van der Waals surface area contributed by atoms with Crippen molar-refractivity contribution in [2.45, 2.75) is 38.8 Å². The molecule has 0 saturated heterocycles. The number of nitrogens with one attached hydrogen (secondary N) is 1. The lowest BCUT2D eigenvalue weighted by atomic mass is 9.86. The zero-order valence-corrected chi connectivity index (χ0v) is 19.6. The number of nitrogens with zero attached hydrogens (tertiary/aromatic N) is 1. The van der Waals surface area contributed by atoms with Crippen LogP contribution in [0.1, 0.15) is 31.9 Å². The predicted molar refractivity (Wildman–Crippen MR) is 128 cm³/mol. The second kappa shape index (κ2) is 8.13. The Morgan fingerprint density at radius 3 is 2.53 bits per heavy atom. The molecule has 1 atom stereocenters. The van der Waals surface area contributed by atoms with Gasteiger partial charge < -0.3 is 10.1 Å². The van der Waals surface area contributed by atoms with E-state index >= 15 is 0 Å². The molecule has 1 aliphatic heterocycles. The summed E-state index contributed by atoms with van der Waals surface area (Å²) in [5.74, 6) is 0.0390. The van der Waals surface area contributed by atoms with Gasteiger partial charge in [-0.3, -0.25) is 9.10 Å². The molecule has 0 fully saturated rings. The summed E-state index contributed by atoms with van der Waals surface area (Å²) in [6, 6.07) is 19.4. The van der Waals surface area contributed by atoms with Crippen molar-refractivity contribution < 1.29 is 17.9 Å². The van der Waals surface area contributed by atoms with Crippen molar-refractivity contribution in [3.63, 3.8) is 0 Å². The highest BCUT2D eigenvalue weighted by Crippen LogP contribution is 2.38. The molecule has 1 unspecified atom stereocenters. The van der Waals surface area contributed by atoms with E-state index in [1.54, 1.807) is 6.07 Å². The predicted octanol–water partition coefficient (Wildman–Crippen LogP) is 3.98. The Kier molecular flexibility index (Phi) is 5.63. The molecule has 1 N–H and O–H groups in total. The first kappa shape index (κ1) is 22.1. The van der Waals surface area contributed by atoms with Gasteiger partial charge in [0.2, 0.25) is 10.0 Å². The van der Waals surface area contributed by atoms with Crippen LogP contribution >= 0.6 is 0 Å². The number of rotatable bonds is 4. The van der Waals surface area contributed by atoms with Gasteiger partial charge in [-0.2, -0.15) is 0 Å². The molecule has 1 amide bonds. The minimum Gasteiger partial charge on any atom is -0.476 e. The van der Waals surface area contributed by atoms with E-state index in [-0.39, 0.29) is 17.9 Å². The van der Waals surface area contributed by atoms with Crippen LogP contribution in [-0.4, -0.2) is 33.2 Å². The Morgan fingerprint density at radius 1 is 1.09 bits per heavy atom. The van der Waals surface area contributed by atoms with Gasteiger partial charge in [-0.25, -0.2) is 8.42 Å². The fourth-order valence-corrected chi connectivity index (χ4v) is 4.82. The average molecular weight is 453 g/mol. The Hall–Kier alpha value is -3.06. The number of hydrogen-bond donors (Lipinski definition) is 1. The normalized spacial score (nSPS) is 16.4. The molecule has 0 radical (unpaired) electrons. The third kappa shape index (κ3) is 4.43. The van der Waals surface area contributed by atoms with Crippen molar-refractivity contribution in [3.05, 3.63) is 71.8 Å². The highest BCUT2D eigenvalue weighted by Gasteiger charge is 2.35. The van der Waals surface area contributed by atoms with Crippen molar-refractivity contribution in [1.82, 2.24) is 5.32 Å². The molecule has 3 aromatic carbocycles. The minimum atomic E-state index is -3.59. The smallest absolute Gasteiger partial charge is 0.263 e. The summed E-state index contributed by atoms with van der Waals surface area (Å²) in [4.78, 5) is 13.0. The third-order valence-corrected chi connectivity index (χ3v) is 6.87. The average Bonchev–Trinajstić information content (AvgIpc) is 2.75. The summed E-state index contributed by atoms with van der Waals surface area (Å²) < 4.78 is 32.3. The summed E-state index contributed by atoms with van der Waals surface area (Å²) in [5, 5.41) is 5.08. The fraction of sp³-hybridized carbons (Fsp3) is 0.320. The van der Waals surface area contributed by atoms with Crippen molar-refractivity contribution in [1.29, 1.82) is 0 Å². The second-order valence-electron chi connectivity index (χ2n) is 9.19. The molecule has 168 valence electrons. The summed E-state index contributed by atoms with van der Waals surface area (Å²) >= 11 is 0. The molecule has 0 aliphatic carbocycles. The Bertz CT molecular complexity index is 1270. The highest BCUT2D eigenvalue weighted by atomic mass is 32.2. The van der Waals surface area contributed by atoms with Crippen LogP contribution in [0.25, 0.3) is 10.8 Å². The van der Waals surface area contributed by atoms with Gasteiger partial charge in [-0.1, -0.05) is 69.3 Å². The second-order valence-corrected chi connectivity index (χ2v) is 11.1. The number of hydrogen-bond acceptors (Lipinski definition) is 4. The molecular weight excluding hydrogens is 424 g/mol. The molecule has 1 aliphatic rings. The van der Waals surface area contributed by atoms with Gasteiger partial charge >= 0.3 is 0 Å². The summed E-state index contributed by atoms with van der Waals surface area (Å²) in [7, 11) is -3.59. The first-order valence-electron chi connectivity index (χ1n) is 10.6. The molecule has 32 heavy (non-hydrogen) atoms. The fourth-order valence-electron chi connectivity index (χ4n) is 3.91. The number of carbonyl (C=O) groups is 1. The molecular formula is C25H28N2O4S. The van der Waals surface area contributed by atoms with E-state index in [0.717, 1.165) is 28.2 Å². The van der Waals surface area contributed by atoms with Crippen molar-refractivity contribution in [2.24, 2.45) is 0 Å². The van der Waals surface area contributed by atoms with E-state index in [4.69, 9.17) is 4.74 Å². The van der Waals surface area contributed by atoms with Crippen LogP contribution in [0.2, 0.25) is 0 Å². The summed E-state index contributed by atoms with van der Waals surface area (Å²) in [6.07, 6.45) is 0.212. The molecule has 0 saturated carbocycles. The number of benzene rings is 3. The quantitative estimate of drug-likeness (QED) is 0.650. The van der Waals surface area contributed by atoms with E-state index in [1.807, 2.05) is 54.6 Å². The molecule has 0 aromatic heterocycles. The monoisotopic (exact) mass is 452 g/mol. The maximum Gasteiger partial charge on any atom is 0.263 e. The summed E-state index contributed by atoms with van der Waals surface area (Å²) in [5.41, 5.74) is 2.30. The lowest BCUT2D eigenvalue weighted by Crippen LogP contribution is -2.50. The first-order chi connectivity index (χ1) is 15.0. The number of sulfonamides is 1. The first-order valence-corrected chi connectivity index (χ1v) is 12.4. The minimum absolute atomic E-state index is 0.0687. The van der Waals surface area contributed by atoms with E-state index in [2.05, 4.69) is 26.1 Å². The molecule has 1 heterocycles. The molecule has 3 aromatic rings. The van der Waals surface area contributed by atoms with Crippen molar-refractivity contribution in [3.8, 4) is 5.75 Å². The SMILES string of the molecule is CC(C)(C)c1ccc2c(c1)N(S(C)(=O)=O)CC(C(=O)NCc1cccc3ccccc13)O2. The van der Waals surface area contributed by atoms with E-state index in [1.165, 1.54) is 4.31 Å². The molecule has 7 heteroatoms. The van der Waals surface area contributed by atoms with Crippen LogP contribution in [0.15, 0.2) is 60.7 Å². The van der Waals surface area contributed by atoms with Gasteiger partial charge in [0.1, 0.15) is 5.75 Å². The molecule has 6 nitrogen and oxygen atoms in total. The number of carbonyl (C=O) groups excluding carboxylic acids is 1. The Labute approximate surface area is 189 Å². The Balaban J connectivity index is 1.58. The lowest BCUT2D eigenvalue weighted by molar-refractivity contribution is -0.127. The molecule has 4 rings (SSSR count). The maximum atomic E-state index is 13.0. The third-order valence-electron chi connectivity index (χ3n) is 5.72. The van der Waals surface area contributed by atoms with Crippen LogP contribution in [0, 0.1) is 0 Å². The largest absolute Gasteiger partial charge is 0.476 e. The maximum absolute atomic E-state index is 13.0. The summed E-state index contributed by atoms with van der Waals surface area (Å²) in [6.45, 7) is 6.45. The van der Waals surface area contributed by atoms with Crippen LogP contribution < -0.4 is 14.4 Å². The lowest BCUT2D eigenvalue weighted by Gasteiger charge is -2.35. The molecule has 0 spiro atoms. The van der Waals surface area contributed by atoms with E-state index < -0.39 is 16.1 Å². The van der Waals surface area contributed by atoms with Gasteiger partial charge in [0.25, 0.3) is 5.91 Å². The van der Waals surface area contributed by atoms with Gasteiger partial charge in [0, 0.05) is 6.54 Å².